The van der Waals surface area contributed by atoms with Crippen LogP contribution in [0, 0.1) is 23.9 Å². The molecule has 3 aliphatic carbocycles. The Morgan fingerprint density at radius 2 is 1.45 bits per heavy atom. The van der Waals surface area contributed by atoms with Crippen LogP contribution >= 0.6 is 22.6 Å². The van der Waals surface area contributed by atoms with Gasteiger partial charge in [-0.25, -0.2) is 28.1 Å². The molecule has 3 aliphatic heterocycles. The van der Waals surface area contributed by atoms with Gasteiger partial charge in [-0.05, 0) is 106 Å². The molecule has 23 heteroatoms. The van der Waals surface area contributed by atoms with Crippen LogP contribution in [0.1, 0.15) is 95.2 Å². The number of H-pyrrole nitrogens is 1. The third-order valence-electron chi connectivity index (χ3n) is 13.4. The maximum absolute atomic E-state index is 16.0. The SMILES string of the molecule is O=[N+]([O-])c1cn(C2CCCCO2)nc1-c1cc2c(c(-c3c(-c4nn(C5CCCCO5)cc4[N+](=O)[O-])nc(CC4(F)CC4)c4c(I)[nH]nc34)n1)c(N1CC(OC3CC3)C1)nn2CC1(F)CC1. The first-order valence-corrected chi connectivity index (χ1v) is 23.5. The molecule has 2 unspecified atom stereocenters. The Balaban J connectivity index is 1.15. The highest BCUT2D eigenvalue weighted by Crippen LogP contribution is 2.50. The number of aromatic nitrogens is 10. The molecule has 0 spiro atoms. The van der Waals surface area contributed by atoms with E-state index in [0.717, 1.165) is 38.5 Å². The second kappa shape index (κ2) is 15.4. The molecule has 9 heterocycles. The number of nitrogens with zero attached hydrogens (tertiary/aromatic N) is 12. The second-order valence-corrected chi connectivity index (χ2v) is 19.5. The highest BCUT2D eigenvalue weighted by molar-refractivity contribution is 14.1. The summed E-state index contributed by atoms with van der Waals surface area (Å²) in [6.07, 6.45) is 9.48. The first-order chi connectivity index (χ1) is 31.4. The van der Waals surface area contributed by atoms with E-state index in [-0.39, 0.29) is 76.1 Å². The van der Waals surface area contributed by atoms with Gasteiger partial charge in [0.15, 0.2) is 17.2 Å². The van der Waals surface area contributed by atoms with Crippen LogP contribution in [0.15, 0.2) is 18.5 Å². The van der Waals surface area contributed by atoms with Crippen molar-refractivity contribution in [2.75, 3.05) is 31.2 Å². The van der Waals surface area contributed by atoms with Crippen LogP contribution in [0.4, 0.5) is 26.0 Å². The van der Waals surface area contributed by atoms with Crippen molar-refractivity contribution in [3.63, 3.8) is 0 Å². The van der Waals surface area contributed by atoms with Gasteiger partial charge in [0.05, 0.1) is 61.8 Å². The zero-order valence-corrected chi connectivity index (χ0v) is 37.3. The number of halogens is 3. The van der Waals surface area contributed by atoms with E-state index >= 15 is 8.78 Å². The number of ether oxygens (including phenoxy) is 3. The molecule has 6 aliphatic rings. The number of alkyl halides is 2. The number of fused-ring (bicyclic) bond motifs is 2. The predicted molar refractivity (Wildman–Crippen MR) is 237 cm³/mol. The summed E-state index contributed by atoms with van der Waals surface area (Å²) in [5.74, 6) is 0.453. The normalized spacial score (nSPS) is 22.7. The Kier molecular flexibility index (Phi) is 9.76. The Morgan fingerprint density at radius 3 is 2.05 bits per heavy atom. The summed E-state index contributed by atoms with van der Waals surface area (Å²) in [5, 5.41) is 49.4. The Labute approximate surface area is 381 Å². The summed E-state index contributed by atoms with van der Waals surface area (Å²) >= 11 is 2.08. The minimum absolute atomic E-state index is 0.00361. The van der Waals surface area contributed by atoms with Crippen molar-refractivity contribution in [1.29, 1.82) is 0 Å². The number of aromatic amines is 1. The second-order valence-electron chi connectivity index (χ2n) is 18.5. The number of rotatable bonds is 14. The van der Waals surface area contributed by atoms with Crippen LogP contribution in [-0.2, 0) is 27.2 Å². The van der Waals surface area contributed by atoms with E-state index in [9.17, 15) is 20.2 Å². The van der Waals surface area contributed by atoms with Gasteiger partial charge in [-0.1, -0.05) is 0 Å². The zero-order valence-electron chi connectivity index (χ0n) is 35.1. The molecule has 340 valence electrons. The van der Waals surface area contributed by atoms with Crippen LogP contribution in [0.2, 0.25) is 0 Å². The first kappa shape index (κ1) is 41.2. The predicted octanol–water partition coefficient (Wildman–Crippen LogP) is 7.83. The highest BCUT2D eigenvalue weighted by Gasteiger charge is 2.47. The van der Waals surface area contributed by atoms with E-state index in [1.807, 2.05) is 4.90 Å². The summed E-state index contributed by atoms with van der Waals surface area (Å²) in [6.45, 7) is 1.79. The minimum atomic E-state index is -1.53. The van der Waals surface area contributed by atoms with Gasteiger partial charge in [0.2, 0.25) is 0 Å². The standard InChI is InChI=1S/C42H44F2IN13O7/c43-41(9-10-41)16-25-31-37(48-49-39(31)45)33(38(47-25)35-28(58(61)62)20-55(51-35)30-6-2-4-14-64-30)36-32-26(15-24(46-36)34-27(57(59)60)19-54(50-34)29-5-1-3-13-63-29)56(21-42(44)11-12-42)52-40(32)53-17-23(18-53)65-22-7-8-22/h15,19-20,22-23,29-30H,1-14,16-18,21H2,(H,48,49). The number of hydrogen-bond donors (Lipinski definition) is 1. The summed E-state index contributed by atoms with van der Waals surface area (Å²) in [4.78, 5) is 37.3. The molecule has 3 saturated carbocycles. The van der Waals surface area contributed by atoms with E-state index < -0.39 is 33.6 Å². The monoisotopic (exact) mass is 1010 g/mol. The van der Waals surface area contributed by atoms with Crippen LogP contribution < -0.4 is 4.90 Å². The molecule has 2 atom stereocenters. The van der Waals surface area contributed by atoms with Gasteiger partial charge in [0.25, 0.3) is 0 Å². The van der Waals surface area contributed by atoms with Crippen molar-refractivity contribution in [1.82, 2.24) is 49.5 Å². The van der Waals surface area contributed by atoms with Gasteiger partial charge in [-0.2, -0.15) is 20.4 Å². The minimum Gasteiger partial charge on any atom is -0.371 e. The smallest absolute Gasteiger partial charge is 0.316 e. The van der Waals surface area contributed by atoms with E-state index in [1.165, 1.54) is 21.8 Å². The Morgan fingerprint density at radius 1 is 0.800 bits per heavy atom. The third kappa shape index (κ3) is 7.50. The van der Waals surface area contributed by atoms with Gasteiger partial charge in [-0.15, -0.1) is 0 Å². The molecule has 65 heavy (non-hydrogen) atoms. The summed E-state index contributed by atoms with van der Waals surface area (Å²) in [5.41, 5.74) is -2.51. The largest absolute Gasteiger partial charge is 0.371 e. The Hall–Kier alpha value is -5.27. The lowest BCUT2D eigenvalue weighted by atomic mass is 9.97. The molecule has 0 amide bonds. The van der Waals surface area contributed by atoms with Crippen molar-refractivity contribution in [3.05, 3.63) is 48.1 Å². The van der Waals surface area contributed by atoms with Crippen molar-refractivity contribution in [2.24, 2.45) is 0 Å². The van der Waals surface area contributed by atoms with Crippen molar-refractivity contribution in [3.8, 4) is 34.0 Å². The average Bonchev–Trinajstić information content (AvgIpc) is 4.21. The van der Waals surface area contributed by atoms with Crippen LogP contribution in [-0.4, -0.2) is 109 Å². The fourth-order valence-electron chi connectivity index (χ4n) is 9.36. The lowest BCUT2D eigenvalue weighted by molar-refractivity contribution is -0.384. The summed E-state index contributed by atoms with van der Waals surface area (Å²) < 4.78 is 55.3. The van der Waals surface area contributed by atoms with Crippen molar-refractivity contribution >= 4 is 61.6 Å². The van der Waals surface area contributed by atoms with Crippen LogP contribution in [0.5, 0.6) is 0 Å². The molecule has 3 saturated heterocycles. The molecule has 0 aromatic carbocycles. The van der Waals surface area contributed by atoms with E-state index in [4.69, 9.17) is 44.6 Å². The van der Waals surface area contributed by atoms with Crippen molar-refractivity contribution < 1.29 is 32.8 Å². The van der Waals surface area contributed by atoms with Gasteiger partial charge in [-0.3, -0.25) is 30.0 Å². The van der Waals surface area contributed by atoms with Gasteiger partial charge < -0.3 is 19.1 Å². The topological polar surface area (TPSA) is 225 Å². The maximum Gasteiger partial charge on any atom is 0.316 e. The van der Waals surface area contributed by atoms with Crippen LogP contribution in [0.3, 0.4) is 0 Å². The molecular weight excluding hydrogens is 963 g/mol. The summed E-state index contributed by atoms with van der Waals surface area (Å²) in [6, 6.07) is 1.64. The highest BCUT2D eigenvalue weighted by atomic mass is 127. The lowest BCUT2D eigenvalue weighted by Crippen LogP contribution is -2.53. The molecule has 0 bridgehead atoms. The number of anilines is 1. The van der Waals surface area contributed by atoms with Crippen LogP contribution in [0.25, 0.3) is 55.8 Å². The van der Waals surface area contributed by atoms with E-state index in [1.54, 1.807) is 10.7 Å². The van der Waals surface area contributed by atoms with Gasteiger partial charge in [0, 0.05) is 32.7 Å². The molecule has 12 rings (SSSR count). The fraction of sp³-hybridized carbons (Fsp3) is 0.571. The van der Waals surface area contributed by atoms with Crippen molar-refractivity contribution in [2.45, 2.75) is 126 Å². The van der Waals surface area contributed by atoms with E-state index in [0.29, 0.717) is 96.3 Å². The zero-order chi connectivity index (χ0) is 44.4. The first-order valence-electron chi connectivity index (χ1n) is 22.4. The lowest BCUT2D eigenvalue weighted by Gasteiger charge is -2.39. The maximum atomic E-state index is 16.0. The molecule has 6 fully saturated rings. The summed E-state index contributed by atoms with van der Waals surface area (Å²) in [7, 11) is 0. The van der Waals surface area contributed by atoms with Gasteiger partial charge >= 0.3 is 11.4 Å². The molecule has 1 N–H and O–H groups in total. The molecule has 20 nitrogen and oxygen atoms in total. The molecule has 0 radical (unpaired) electrons. The Bertz CT molecular complexity index is 2900. The number of hydrogen-bond acceptors (Lipinski definition) is 14. The number of pyridine rings is 2. The molecule has 6 aromatic rings. The van der Waals surface area contributed by atoms with Gasteiger partial charge in [0.1, 0.15) is 56.8 Å². The number of nitrogens with one attached hydrogen (secondary N) is 1. The average molecular weight is 1010 g/mol. The molecule has 6 aromatic heterocycles. The third-order valence-corrected chi connectivity index (χ3v) is 14.2. The quantitative estimate of drug-likeness (QED) is 0.0624. The number of nitro groups is 2. The fourth-order valence-corrected chi connectivity index (χ4v) is 10.0. The molecular formula is C42H44F2IN13O7. The van der Waals surface area contributed by atoms with E-state index in [2.05, 4.69) is 27.7 Å².